The van der Waals surface area contributed by atoms with Gasteiger partial charge in [0.05, 0.1) is 10.7 Å². The van der Waals surface area contributed by atoms with Crippen molar-refractivity contribution in [2.24, 2.45) is 5.10 Å². The van der Waals surface area contributed by atoms with Crippen molar-refractivity contribution in [2.45, 2.75) is 19.8 Å². The molecular weight excluding hydrogens is 300 g/mol. The molecule has 0 spiro atoms. The lowest BCUT2D eigenvalue weighted by Gasteiger charge is -2.12. The van der Waals surface area contributed by atoms with Gasteiger partial charge in [0.25, 0.3) is 5.91 Å². The summed E-state index contributed by atoms with van der Waals surface area (Å²) in [5, 5.41) is 9.56. The first kappa shape index (κ1) is 14.4. The van der Waals surface area contributed by atoms with Gasteiger partial charge in [-0.3, -0.25) is 9.59 Å². The number of nitrogens with zero attached hydrogens (tertiary/aromatic N) is 2. The number of amides is 2. The summed E-state index contributed by atoms with van der Waals surface area (Å²) in [5.41, 5.74) is 5.26. The molecule has 1 aromatic carbocycles. The van der Waals surface area contributed by atoms with Gasteiger partial charge < -0.3 is 5.32 Å². The molecule has 2 amide bonds. The minimum Gasteiger partial charge on any atom is -0.321 e. The van der Waals surface area contributed by atoms with Crippen molar-refractivity contribution in [1.82, 2.24) is 10.4 Å². The van der Waals surface area contributed by atoms with Crippen molar-refractivity contribution in [2.75, 3.05) is 5.32 Å². The van der Waals surface area contributed by atoms with E-state index in [0.29, 0.717) is 17.8 Å². The molecule has 2 N–H and O–H groups in total. The molecular formula is C15H14N4O2S. The number of thiazole rings is 1. The number of benzene rings is 1. The number of rotatable bonds is 3. The van der Waals surface area contributed by atoms with Gasteiger partial charge in [0.2, 0.25) is 5.91 Å². The van der Waals surface area contributed by atoms with E-state index in [1.165, 1.54) is 0 Å². The third-order valence-electron chi connectivity index (χ3n) is 3.22. The predicted molar refractivity (Wildman–Crippen MR) is 85.7 cm³/mol. The highest BCUT2D eigenvalue weighted by molar-refractivity contribution is 7.09. The maximum absolute atomic E-state index is 12.0. The summed E-state index contributed by atoms with van der Waals surface area (Å²) in [6.07, 6.45) is 0.641. The van der Waals surface area contributed by atoms with E-state index in [9.17, 15) is 9.59 Å². The van der Waals surface area contributed by atoms with E-state index in [2.05, 4.69) is 20.8 Å². The molecule has 3 rings (SSSR count). The van der Waals surface area contributed by atoms with Crippen molar-refractivity contribution in [3.05, 3.63) is 34.7 Å². The lowest BCUT2D eigenvalue weighted by atomic mass is 10.1. The lowest BCUT2D eigenvalue weighted by Crippen LogP contribution is -2.32. The summed E-state index contributed by atoms with van der Waals surface area (Å²) in [6.45, 7) is 1.96. The van der Waals surface area contributed by atoms with Crippen LogP contribution in [0.25, 0.3) is 11.3 Å². The van der Waals surface area contributed by atoms with E-state index in [-0.39, 0.29) is 18.2 Å². The molecule has 2 aromatic rings. The van der Waals surface area contributed by atoms with Crippen LogP contribution in [0.4, 0.5) is 5.69 Å². The third-order valence-corrected chi connectivity index (χ3v) is 4.00. The number of anilines is 1. The van der Waals surface area contributed by atoms with Gasteiger partial charge >= 0.3 is 0 Å². The molecule has 7 heteroatoms. The first-order valence-electron chi connectivity index (χ1n) is 6.81. The number of aryl methyl sites for hydroxylation is 1. The fourth-order valence-corrected chi connectivity index (χ4v) is 2.68. The molecule has 0 saturated carbocycles. The minimum atomic E-state index is -0.294. The molecule has 0 aliphatic carbocycles. The van der Waals surface area contributed by atoms with Crippen LogP contribution in [0.5, 0.6) is 0 Å². The van der Waals surface area contributed by atoms with Gasteiger partial charge in [-0.25, -0.2) is 10.4 Å². The highest BCUT2D eigenvalue weighted by Crippen LogP contribution is 2.23. The zero-order valence-corrected chi connectivity index (χ0v) is 12.7. The molecule has 0 saturated heterocycles. The third kappa shape index (κ3) is 3.20. The molecule has 0 atom stereocenters. The second-order valence-corrected chi connectivity index (χ2v) is 5.94. The number of aromatic nitrogens is 1. The summed E-state index contributed by atoms with van der Waals surface area (Å²) in [4.78, 5) is 27.5. The quantitative estimate of drug-likeness (QED) is 0.912. The van der Waals surface area contributed by atoms with E-state index in [4.69, 9.17) is 0 Å². The summed E-state index contributed by atoms with van der Waals surface area (Å²) in [5.74, 6) is -0.461. The summed E-state index contributed by atoms with van der Waals surface area (Å²) in [7, 11) is 0. The van der Waals surface area contributed by atoms with E-state index in [1.54, 1.807) is 11.3 Å². The van der Waals surface area contributed by atoms with Gasteiger partial charge in [0.15, 0.2) is 0 Å². The standard InChI is InChI=1S/C15H14N4O2S/c1-9-16-13(8-22-9)10-2-4-11(5-3-10)17-15(21)12-6-7-14(20)19-18-12/h2-5,8H,6-7H2,1H3,(H,17,21)(H,19,20). The first-order chi connectivity index (χ1) is 10.6. The average molecular weight is 314 g/mol. The van der Waals surface area contributed by atoms with Crippen LogP contribution in [0, 0.1) is 6.92 Å². The van der Waals surface area contributed by atoms with E-state index in [1.807, 2.05) is 36.6 Å². The molecule has 1 aliphatic rings. The fourth-order valence-electron chi connectivity index (χ4n) is 2.06. The van der Waals surface area contributed by atoms with E-state index >= 15 is 0 Å². The summed E-state index contributed by atoms with van der Waals surface area (Å²) >= 11 is 1.60. The molecule has 22 heavy (non-hydrogen) atoms. The first-order valence-corrected chi connectivity index (χ1v) is 7.69. The van der Waals surface area contributed by atoms with Crippen molar-refractivity contribution in [3.8, 4) is 11.3 Å². The smallest absolute Gasteiger partial charge is 0.271 e. The highest BCUT2D eigenvalue weighted by Gasteiger charge is 2.18. The van der Waals surface area contributed by atoms with Crippen LogP contribution < -0.4 is 10.7 Å². The Balaban J connectivity index is 1.68. The van der Waals surface area contributed by atoms with Gasteiger partial charge in [-0.05, 0) is 19.1 Å². The summed E-state index contributed by atoms with van der Waals surface area (Å²) in [6, 6.07) is 7.47. The number of carbonyl (C=O) groups is 2. The predicted octanol–water partition coefficient (Wildman–Crippen LogP) is 2.32. The van der Waals surface area contributed by atoms with E-state index in [0.717, 1.165) is 16.3 Å². The second-order valence-electron chi connectivity index (χ2n) is 4.88. The lowest BCUT2D eigenvalue weighted by molar-refractivity contribution is -0.121. The number of hydrogen-bond donors (Lipinski definition) is 2. The Bertz CT molecular complexity index is 749. The number of nitrogens with one attached hydrogen (secondary N) is 2. The number of carbonyl (C=O) groups excluding carboxylic acids is 2. The SMILES string of the molecule is Cc1nc(-c2ccc(NC(=O)C3=NNC(=O)CC3)cc2)cs1. The topological polar surface area (TPSA) is 83.4 Å². The van der Waals surface area contributed by atoms with Crippen LogP contribution >= 0.6 is 11.3 Å². The van der Waals surface area contributed by atoms with Crippen LogP contribution in [0.3, 0.4) is 0 Å². The van der Waals surface area contributed by atoms with Gasteiger partial charge in [-0.15, -0.1) is 11.3 Å². The van der Waals surface area contributed by atoms with E-state index < -0.39 is 0 Å². The molecule has 112 valence electrons. The molecule has 2 heterocycles. The Morgan fingerprint density at radius 1 is 1.27 bits per heavy atom. The highest BCUT2D eigenvalue weighted by atomic mass is 32.1. The Hall–Kier alpha value is -2.54. The molecule has 0 fully saturated rings. The minimum absolute atomic E-state index is 0.167. The van der Waals surface area contributed by atoms with Gasteiger partial charge in [-0.2, -0.15) is 5.10 Å². The van der Waals surface area contributed by atoms with Gasteiger partial charge in [0, 0.05) is 29.5 Å². The van der Waals surface area contributed by atoms with Gasteiger partial charge in [-0.1, -0.05) is 12.1 Å². The maximum Gasteiger partial charge on any atom is 0.271 e. The number of hydrazone groups is 1. The fraction of sp³-hybridized carbons (Fsp3) is 0.200. The normalized spacial score (nSPS) is 14.2. The largest absolute Gasteiger partial charge is 0.321 e. The van der Waals surface area contributed by atoms with Crippen LogP contribution in [0.15, 0.2) is 34.7 Å². The molecule has 0 bridgehead atoms. The van der Waals surface area contributed by atoms with Crippen molar-refractivity contribution < 1.29 is 9.59 Å². The van der Waals surface area contributed by atoms with Crippen LogP contribution in [-0.4, -0.2) is 22.5 Å². The zero-order valence-electron chi connectivity index (χ0n) is 11.9. The molecule has 6 nitrogen and oxygen atoms in total. The monoisotopic (exact) mass is 314 g/mol. The summed E-state index contributed by atoms with van der Waals surface area (Å²) < 4.78 is 0. The Morgan fingerprint density at radius 3 is 2.64 bits per heavy atom. The van der Waals surface area contributed by atoms with Crippen molar-refractivity contribution in [1.29, 1.82) is 0 Å². The Kier molecular flexibility index (Phi) is 3.97. The Labute approximate surface area is 131 Å². The second kappa shape index (κ2) is 6.07. The maximum atomic E-state index is 12.0. The molecule has 0 unspecified atom stereocenters. The van der Waals surface area contributed by atoms with Gasteiger partial charge in [0.1, 0.15) is 5.71 Å². The molecule has 0 radical (unpaired) electrons. The van der Waals surface area contributed by atoms with Crippen molar-refractivity contribution in [3.63, 3.8) is 0 Å². The van der Waals surface area contributed by atoms with Crippen molar-refractivity contribution >= 4 is 34.6 Å². The van der Waals surface area contributed by atoms with Crippen LogP contribution in [0.1, 0.15) is 17.8 Å². The number of hydrogen-bond acceptors (Lipinski definition) is 5. The molecule has 1 aliphatic heterocycles. The van der Waals surface area contributed by atoms with Crippen LogP contribution in [0.2, 0.25) is 0 Å². The van der Waals surface area contributed by atoms with Crippen LogP contribution in [-0.2, 0) is 9.59 Å². The zero-order chi connectivity index (χ0) is 15.5. The Morgan fingerprint density at radius 2 is 2.05 bits per heavy atom. The average Bonchev–Trinajstić information content (AvgIpc) is 2.95. The molecule has 1 aromatic heterocycles.